The predicted molar refractivity (Wildman–Crippen MR) is 105 cm³/mol. The Kier molecular flexibility index (Phi) is 5.06. The normalized spacial score (nSPS) is 17.4. The highest BCUT2D eigenvalue weighted by Gasteiger charge is 2.30. The summed E-state index contributed by atoms with van der Waals surface area (Å²) in [5.41, 5.74) is 1.12. The average molecular weight is 381 g/mol. The van der Waals surface area contributed by atoms with E-state index in [9.17, 15) is 14.7 Å². The molecule has 3 heterocycles. The molecule has 1 aliphatic rings. The number of benzene rings is 1. The van der Waals surface area contributed by atoms with Crippen molar-refractivity contribution in [1.82, 2.24) is 24.0 Å². The summed E-state index contributed by atoms with van der Waals surface area (Å²) >= 11 is 0. The van der Waals surface area contributed by atoms with Crippen LogP contribution in [0.1, 0.15) is 30.4 Å². The second-order valence-electron chi connectivity index (χ2n) is 7.07. The van der Waals surface area contributed by atoms with Gasteiger partial charge < -0.3 is 5.11 Å². The van der Waals surface area contributed by atoms with Gasteiger partial charge in [-0.3, -0.25) is 18.8 Å². The third-order valence-electron chi connectivity index (χ3n) is 5.41. The topological polar surface area (TPSA) is 93.2 Å². The van der Waals surface area contributed by atoms with E-state index >= 15 is 0 Å². The van der Waals surface area contributed by atoms with E-state index in [0.717, 1.165) is 25.1 Å². The second kappa shape index (κ2) is 7.65. The maximum absolute atomic E-state index is 13.0. The smallest absolute Gasteiger partial charge is 0.347 e. The van der Waals surface area contributed by atoms with Crippen LogP contribution in [0, 0.1) is 0 Å². The Hall–Kier alpha value is -2.84. The minimum absolute atomic E-state index is 0.0490. The van der Waals surface area contributed by atoms with Gasteiger partial charge >= 0.3 is 5.69 Å². The molecule has 1 unspecified atom stereocenters. The van der Waals surface area contributed by atoms with Gasteiger partial charge in [-0.2, -0.15) is 0 Å². The van der Waals surface area contributed by atoms with Gasteiger partial charge in [0.25, 0.3) is 5.56 Å². The summed E-state index contributed by atoms with van der Waals surface area (Å²) in [5.74, 6) is 0.675. The van der Waals surface area contributed by atoms with Crippen molar-refractivity contribution in [2.75, 3.05) is 13.2 Å². The Morgan fingerprint density at radius 1 is 1.21 bits per heavy atom. The van der Waals surface area contributed by atoms with Gasteiger partial charge in [-0.15, -0.1) is 0 Å². The first kappa shape index (κ1) is 18.5. The minimum Gasteiger partial charge on any atom is -0.395 e. The number of aromatic nitrogens is 4. The van der Waals surface area contributed by atoms with Gasteiger partial charge in [-0.25, -0.2) is 14.8 Å². The first-order valence-corrected chi connectivity index (χ1v) is 9.45. The van der Waals surface area contributed by atoms with Gasteiger partial charge in [-0.1, -0.05) is 12.1 Å². The number of aliphatic hydroxyl groups is 1. The quantitative estimate of drug-likeness (QED) is 0.703. The highest BCUT2D eigenvalue weighted by molar-refractivity contribution is 5.77. The van der Waals surface area contributed by atoms with Crippen molar-refractivity contribution < 1.29 is 5.11 Å². The van der Waals surface area contributed by atoms with Crippen molar-refractivity contribution in [2.24, 2.45) is 7.05 Å². The number of nitrogens with zero attached hydrogens (tertiary/aromatic N) is 5. The molecule has 0 amide bonds. The molecule has 8 heteroatoms. The van der Waals surface area contributed by atoms with Gasteiger partial charge in [0.1, 0.15) is 5.82 Å². The number of hydrogen-bond acceptors (Lipinski definition) is 6. The average Bonchev–Trinajstić information content (AvgIpc) is 3.15. The van der Waals surface area contributed by atoms with Crippen LogP contribution in [-0.4, -0.2) is 42.3 Å². The Balaban J connectivity index is 1.77. The first-order chi connectivity index (χ1) is 13.6. The second-order valence-corrected chi connectivity index (χ2v) is 7.07. The molecule has 0 aliphatic carbocycles. The number of para-hydroxylation sites is 1. The van der Waals surface area contributed by atoms with Crippen LogP contribution in [0.15, 0.2) is 46.1 Å². The van der Waals surface area contributed by atoms with Crippen molar-refractivity contribution >= 4 is 10.9 Å². The zero-order valence-electron chi connectivity index (χ0n) is 15.8. The number of rotatable bonds is 5. The lowest BCUT2D eigenvalue weighted by molar-refractivity contribution is 0.218. The van der Waals surface area contributed by atoms with Crippen molar-refractivity contribution in [2.45, 2.75) is 32.0 Å². The van der Waals surface area contributed by atoms with E-state index in [1.54, 1.807) is 22.2 Å². The summed E-state index contributed by atoms with van der Waals surface area (Å²) in [6.07, 6.45) is 3.37. The van der Waals surface area contributed by atoms with Gasteiger partial charge in [0.2, 0.25) is 0 Å². The first-order valence-electron chi connectivity index (χ1n) is 9.45. The molecule has 28 heavy (non-hydrogen) atoms. The van der Waals surface area contributed by atoms with E-state index in [1.807, 2.05) is 24.3 Å². The van der Waals surface area contributed by atoms with E-state index in [4.69, 9.17) is 4.98 Å². The van der Waals surface area contributed by atoms with Crippen molar-refractivity contribution in [3.63, 3.8) is 0 Å². The van der Waals surface area contributed by atoms with E-state index in [0.29, 0.717) is 23.3 Å². The maximum atomic E-state index is 13.0. The zero-order chi connectivity index (χ0) is 19.7. The lowest BCUT2D eigenvalue weighted by Gasteiger charge is -2.27. The van der Waals surface area contributed by atoms with Crippen LogP contribution in [0.25, 0.3) is 10.9 Å². The van der Waals surface area contributed by atoms with Crippen LogP contribution in [0.4, 0.5) is 0 Å². The Morgan fingerprint density at radius 3 is 2.86 bits per heavy atom. The molecule has 4 rings (SSSR count). The molecule has 0 spiro atoms. The number of hydrogen-bond donors (Lipinski definition) is 1. The molecule has 1 aromatic carbocycles. The van der Waals surface area contributed by atoms with E-state index in [2.05, 4.69) is 9.88 Å². The number of aliphatic hydroxyl groups excluding tert-OH is 1. The third kappa shape index (κ3) is 3.25. The molecule has 8 nitrogen and oxygen atoms in total. The predicted octanol–water partition coefficient (Wildman–Crippen LogP) is 0.820. The molecule has 146 valence electrons. The molecule has 1 N–H and O–H groups in total. The highest BCUT2D eigenvalue weighted by Crippen LogP contribution is 2.32. The van der Waals surface area contributed by atoms with Gasteiger partial charge in [0.05, 0.1) is 30.1 Å². The van der Waals surface area contributed by atoms with Crippen molar-refractivity contribution in [1.29, 1.82) is 0 Å². The van der Waals surface area contributed by atoms with Crippen LogP contribution in [0.5, 0.6) is 0 Å². The van der Waals surface area contributed by atoms with Crippen molar-refractivity contribution in [3.05, 3.63) is 68.9 Å². The summed E-state index contributed by atoms with van der Waals surface area (Å²) in [4.78, 5) is 35.7. The van der Waals surface area contributed by atoms with Crippen LogP contribution in [-0.2, 0) is 20.1 Å². The lowest BCUT2D eigenvalue weighted by atomic mass is 10.1. The van der Waals surface area contributed by atoms with Crippen LogP contribution < -0.4 is 11.2 Å². The molecule has 0 saturated carbocycles. The largest absolute Gasteiger partial charge is 0.395 e. The summed E-state index contributed by atoms with van der Waals surface area (Å²) in [6.45, 7) is 1.51. The third-order valence-corrected chi connectivity index (χ3v) is 5.41. The standard InChI is InChI=1S/C20H23N5O3/c1-23-14(8-9-21-20(23)28)13-24-10-4-7-17(24)18-22-16-6-3-2-5-15(16)19(27)25(18)11-12-26/h2-3,5-6,8-9,17,26H,4,7,10-13H2,1H3. The lowest BCUT2D eigenvalue weighted by Crippen LogP contribution is -2.34. The van der Waals surface area contributed by atoms with Gasteiger partial charge in [0, 0.05) is 25.5 Å². The van der Waals surface area contributed by atoms with Gasteiger partial charge in [0.15, 0.2) is 0 Å². The molecule has 1 atom stereocenters. The Bertz CT molecular complexity index is 1120. The maximum Gasteiger partial charge on any atom is 0.347 e. The van der Waals surface area contributed by atoms with Crippen LogP contribution in [0.3, 0.4) is 0 Å². The summed E-state index contributed by atoms with van der Waals surface area (Å²) < 4.78 is 3.14. The molecule has 1 fully saturated rings. The molecule has 3 aromatic rings. The van der Waals surface area contributed by atoms with Crippen molar-refractivity contribution in [3.8, 4) is 0 Å². The molecule has 0 radical (unpaired) electrons. The molecular weight excluding hydrogens is 358 g/mol. The minimum atomic E-state index is -0.283. The Morgan fingerprint density at radius 2 is 2.04 bits per heavy atom. The van der Waals surface area contributed by atoms with E-state index in [-0.39, 0.29) is 30.4 Å². The fourth-order valence-electron chi connectivity index (χ4n) is 3.94. The van der Waals surface area contributed by atoms with Crippen LogP contribution in [0.2, 0.25) is 0 Å². The van der Waals surface area contributed by atoms with E-state index < -0.39 is 0 Å². The summed E-state index contributed by atoms with van der Waals surface area (Å²) in [5, 5.41) is 10.1. The SMILES string of the molecule is Cn1c(CN2CCCC2c2nc3ccccc3c(=O)n2CCO)ccnc1=O. The zero-order valence-corrected chi connectivity index (χ0v) is 15.8. The summed E-state index contributed by atoms with van der Waals surface area (Å²) in [6, 6.07) is 9.09. The number of fused-ring (bicyclic) bond motifs is 1. The Labute approximate surface area is 161 Å². The molecule has 0 bridgehead atoms. The van der Waals surface area contributed by atoms with E-state index in [1.165, 1.54) is 6.20 Å². The fraction of sp³-hybridized carbons (Fsp3) is 0.400. The fourth-order valence-corrected chi connectivity index (χ4v) is 3.94. The number of likely N-dealkylation sites (tertiary alicyclic amines) is 1. The van der Waals surface area contributed by atoms with Crippen LogP contribution >= 0.6 is 0 Å². The molecule has 1 saturated heterocycles. The highest BCUT2D eigenvalue weighted by atomic mass is 16.3. The molecule has 2 aromatic heterocycles. The molecule has 1 aliphatic heterocycles. The van der Waals surface area contributed by atoms with Gasteiger partial charge in [-0.05, 0) is 37.6 Å². The molecular formula is C20H23N5O3. The summed E-state index contributed by atoms with van der Waals surface area (Å²) in [7, 11) is 1.71. The monoisotopic (exact) mass is 381 g/mol.